The van der Waals surface area contributed by atoms with Gasteiger partial charge in [0, 0.05) is 38.3 Å². The molecule has 1 fully saturated rings. The van der Waals surface area contributed by atoms with E-state index in [1.54, 1.807) is 16.8 Å². The highest BCUT2D eigenvalue weighted by atomic mass is 35.5. The van der Waals surface area contributed by atoms with Crippen LogP contribution in [-0.4, -0.2) is 47.0 Å². The van der Waals surface area contributed by atoms with Crippen molar-refractivity contribution in [3.05, 3.63) is 82.4 Å². The van der Waals surface area contributed by atoms with Crippen LogP contribution < -0.4 is 5.32 Å². The molecule has 0 saturated carbocycles. The SMILES string of the molecule is Cc1nn(-c2ccc(F)cc2)c(Cl)c1CNCC1CN(Cc2ccccc2)CCO1. The molecule has 2 aromatic carbocycles. The zero-order valence-corrected chi connectivity index (χ0v) is 17.8. The van der Waals surface area contributed by atoms with Crippen LogP contribution >= 0.6 is 11.6 Å². The Kier molecular flexibility index (Phi) is 6.79. The number of hydrogen-bond donors (Lipinski definition) is 1. The molecule has 1 unspecified atom stereocenters. The van der Waals surface area contributed by atoms with Crippen molar-refractivity contribution >= 4 is 11.6 Å². The quantitative estimate of drug-likeness (QED) is 0.618. The monoisotopic (exact) mass is 428 g/mol. The molecule has 3 aromatic rings. The number of benzene rings is 2. The number of aryl methyl sites for hydroxylation is 1. The van der Waals surface area contributed by atoms with E-state index >= 15 is 0 Å². The highest BCUT2D eigenvalue weighted by Crippen LogP contribution is 2.23. The van der Waals surface area contributed by atoms with E-state index in [1.807, 2.05) is 13.0 Å². The molecule has 0 radical (unpaired) electrons. The molecule has 1 atom stereocenters. The molecule has 1 aliphatic rings. The summed E-state index contributed by atoms with van der Waals surface area (Å²) < 4.78 is 20.8. The van der Waals surface area contributed by atoms with Crippen molar-refractivity contribution in [2.45, 2.75) is 26.1 Å². The molecule has 7 heteroatoms. The molecular weight excluding hydrogens is 403 g/mol. The molecule has 158 valence electrons. The highest BCUT2D eigenvalue weighted by Gasteiger charge is 2.21. The summed E-state index contributed by atoms with van der Waals surface area (Å²) in [7, 11) is 0. The lowest BCUT2D eigenvalue weighted by atomic mass is 10.2. The number of rotatable bonds is 7. The fraction of sp³-hybridized carbons (Fsp3) is 0.348. The minimum absolute atomic E-state index is 0.133. The third-order valence-electron chi connectivity index (χ3n) is 5.34. The third-order valence-corrected chi connectivity index (χ3v) is 5.73. The minimum atomic E-state index is -0.283. The Labute approximate surface area is 181 Å². The molecule has 1 N–H and O–H groups in total. The molecule has 5 nitrogen and oxygen atoms in total. The average Bonchev–Trinajstić information content (AvgIpc) is 3.04. The van der Waals surface area contributed by atoms with Crippen LogP contribution in [0.2, 0.25) is 5.15 Å². The van der Waals surface area contributed by atoms with E-state index in [9.17, 15) is 4.39 Å². The zero-order valence-electron chi connectivity index (χ0n) is 17.0. The molecule has 1 saturated heterocycles. The predicted octanol–water partition coefficient (Wildman–Crippen LogP) is 3.96. The van der Waals surface area contributed by atoms with Gasteiger partial charge in [0.25, 0.3) is 0 Å². The Hall–Kier alpha value is -2.25. The van der Waals surface area contributed by atoms with E-state index < -0.39 is 0 Å². The molecule has 1 aromatic heterocycles. The van der Waals surface area contributed by atoms with Gasteiger partial charge >= 0.3 is 0 Å². The van der Waals surface area contributed by atoms with Crippen molar-refractivity contribution in [3.8, 4) is 5.69 Å². The first-order valence-electron chi connectivity index (χ1n) is 10.2. The van der Waals surface area contributed by atoms with Crippen LogP contribution in [-0.2, 0) is 17.8 Å². The second kappa shape index (κ2) is 9.71. The lowest BCUT2D eigenvalue weighted by molar-refractivity contribution is -0.0300. The van der Waals surface area contributed by atoms with Crippen LogP contribution in [0.1, 0.15) is 16.8 Å². The van der Waals surface area contributed by atoms with Gasteiger partial charge in [0.2, 0.25) is 0 Å². The van der Waals surface area contributed by atoms with Crippen molar-refractivity contribution in [1.82, 2.24) is 20.0 Å². The fourth-order valence-electron chi connectivity index (χ4n) is 3.73. The molecule has 1 aliphatic heterocycles. The summed E-state index contributed by atoms with van der Waals surface area (Å²) in [6, 6.07) is 16.7. The summed E-state index contributed by atoms with van der Waals surface area (Å²) in [5, 5.41) is 8.52. The van der Waals surface area contributed by atoms with Crippen LogP contribution in [0.4, 0.5) is 4.39 Å². The largest absolute Gasteiger partial charge is 0.374 e. The van der Waals surface area contributed by atoms with E-state index in [1.165, 1.54) is 17.7 Å². The maximum atomic E-state index is 13.2. The second-order valence-corrected chi connectivity index (χ2v) is 7.95. The summed E-state index contributed by atoms with van der Waals surface area (Å²) in [6.07, 6.45) is 0.133. The first-order chi connectivity index (χ1) is 14.6. The molecule has 2 heterocycles. The molecule has 0 aliphatic carbocycles. The van der Waals surface area contributed by atoms with Crippen LogP contribution in [0, 0.1) is 12.7 Å². The topological polar surface area (TPSA) is 42.3 Å². The predicted molar refractivity (Wildman–Crippen MR) is 116 cm³/mol. The number of aromatic nitrogens is 2. The lowest BCUT2D eigenvalue weighted by Crippen LogP contribution is -2.46. The van der Waals surface area contributed by atoms with Gasteiger partial charge in [-0.3, -0.25) is 4.90 Å². The van der Waals surface area contributed by atoms with E-state index in [0.29, 0.717) is 11.7 Å². The molecule has 0 spiro atoms. The van der Waals surface area contributed by atoms with Gasteiger partial charge < -0.3 is 10.1 Å². The van der Waals surface area contributed by atoms with Crippen LogP contribution in [0.25, 0.3) is 5.69 Å². The third kappa shape index (κ3) is 5.08. The lowest BCUT2D eigenvalue weighted by Gasteiger charge is -2.33. The summed E-state index contributed by atoms with van der Waals surface area (Å²) >= 11 is 6.57. The van der Waals surface area contributed by atoms with Gasteiger partial charge in [-0.25, -0.2) is 9.07 Å². The smallest absolute Gasteiger partial charge is 0.137 e. The van der Waals surface area contributed by atoms with Gasteiger partial charge in [-0.2, -0.15) is 5.10 Å². The maximum Gasteiger partial charge on any atom is 0.137 e. The van der Waals surface area contributed by atoms with E-state index in [4.69, 9.17) is 16.3 Å². The number of halogens is 2. The minimum Gasteiger partial charge on any atom is -0.374 e. The number of ether oxygens (including phenoxy) is 1. The second-order valence-electron chi connectivity index (χ2n) is 7.59. The van der Waals surface area contributed by atoms with E-state index in [-0.39, 0.29) is 11.9 Å². The number of hydrogen-bond acceptors (Lipinski definition) is 4. The number of morpholine rings is 1. The van der Waals surface area contributed by atoms with Gasteiger partial charge in [-0.15, -0.1) is 0 Å². The van der Waals surface area contributed by atoms with E-state index in [0.717, 1.165) is 49.7 Å². The van der Waals surface area contributed by atoms with E-state index in [2.05, 4.69) is 39.6 Å². The zero-order chi connectivity index (χ0) is 20.9. The molecule has 0 amide bonds. The number of nitrogens with one attached hydrogen (secondary N) is 1. The number of nitrogens with zero attached hydrogens (tertiary/aromatic N) is 3. The standard InChI is InChI=1S/C23H26ClFN4O/c1-17-22(23(24)29(27-17)20-9-7-19(25)8-10-20)14-26-13-21-16-28(11-12-30-21)15-18-5-3-2-4-6-18/h2-10,21,26H,11-16H2,1H3. The van der Waals surface area contributed by atoms with Crippen molar-refractivity contribution in [1.29, 1.82) is 0 Å². The van der Waals surface area contributed by atoms with Gasteiger partial charge in [0.1, 0.15) is 11.0 Å². The summed E-state index contributed by atoms with van der Waals surface area (Å²) in [5.41, 5.74) is 3.86. The Morgan fingerprint density at radius 1 is 1.17 bits per heavy atom. The fourth-order valence-corrected chi connectivity index (χ4v) is 4.07. The summed E-state index contributed by atoms with van der Waals surface area (Å²) in [6.45, 7) is 6.79. The highest BCUT2D eigenvalue weighted by molar-refractivity contribution is 6.30. The Bertz CT molecular complexity index is 961. The first-order valence-corrected chi connectivity index (χ1v) is 10.6. The van der Waals surface area contributed by atoms with Crippen LogP contribution in [0.3, 0.4) is 0 Å². The normalized spacial score (nSPS) is 17.4. The van der Waals surface area contributed by atoms with Crippen LogP contribution in [0.5, 0.6) is 0 Å². The average molecular weight is 429 g/mol. The van der Waals surface area contributed by atoms with Gasteiger partial charge in [-0.05, 0) is 36.8 Å². The summed E-state index contributed by atoms with van der Waals surface area (Å²) in [4.78, 5) is 2.43. The van der Waals surface area contributed by atoms with Crippen molar-refractivity contribution in [2.75, 3.05) is 26.2 Å². The van der Waals surface area contributed by atoms with Crippen molar-refractivity contribution < 1.29 is 9.13 Å². The Morgan fingerprint density at radius 2 is 1.93 bits per heavy atom. The first kappa shape index (κ1) is 21.0. The van der Waals surface area contributed by atoms with Gasteiger partial charge in [-0.1, -0.05) is 41.9 Å². The van der Waals surface area contributed by atoms with Crippen LogP contribution in [0.15, 0.2) is 54.6 Å². The van der Waals surface area contributed by atoms with Crippen molar-refractivity contribution in [3.63, 3.8) is 0 Å². The van der Waals surface area contributed by atoms with Gasteiger partial charge in [0.05, 0.1) is 24.1 Å². The Morgan fingerprint density at radius 3 is 2.70 bits per heavy atom. The molecule has 4 rings (SSSR count). The molecule has 30 heavy (non-hydrogen) atoms. The van der Waals surface area contributed by atoms with Crippen molar-refractivity contribution in [2.24, 2.45) is 0 Å². The summed E-state index contributed by atoms with van der Waals surface area (Å²) in [5.74, 6) is -0.283. The van der Waals surface area contributed by atoms with Gasteiger partial charge in [0.15, 0.2) is 0 Å². The maximum absolute atomic E-state index is 13.2. The Balaban J connectivity index is 1.32. The molecule has 0 bridgehead atoms. The molecular formula is C23H26ClFN4O.